The van der Waals surface area contributed by atoms with E-state index in [2.05, 4.69) is 10.6 Å². The largest absolute Gasteiger partial charge is 0.467 e. The molecular weight excluding hydrogens is 296 g/mol. The molecule has 0 aliphatic rings. The van der Waals surface area contributed by atoms with Gasteiger partial charge in [-0.1, -0.05) is 19.1 Å². The summed E-state index contributed by atoms with van der Waals surface area (Å²) in [6.45, 7) is 3.40. The normalized spacial score (nSPS) is 13.2. The standard InChI is InChI=1S/C17H22N2O4/c1-5-17(2,16(22)23-4)19-14(20)11-8-12-6-9-13(10-7-12)15(21)18-3/h6-11H,5H2,1-4H3,(H,18,21)(H,19,20)/b11-8+/t17-/m0/s1. The maximum absolute atomic E-state index is 12.0. The van der Waals surface area contributed by atoms with E-state index in [9.17, 15) is 14.4 Å². The summed E-state index contributed by atoms with van der Waals surface area (Å²) in [6, 6.07) is 6.80. The highest BCUT2D eigenvalue weighted by Crippen LogP contribution is 2.12. The van der Waals surface area contributed by atoms with Crippen molar-refractivity contribution in [1.82, 2.24) is 10.6 Å². The second-order valence-electron chi connectivity index (χ2n) is 5.20. The Morgan fingerprint density at radius 3 is 2.30 bits per heavy atom. The molecule has 2 N–H and O–H groups in total. The Bertz CT molecular complexity index is 608. The first-order valence-electron chi connectivity index (χ1n) is 7.27. The van der Waals surface area contributed by atoms with Crippen molar-refractivity contribution in [3.8, 4) is 0 Å². The van der Waals surface area contributed by atoms with Gasteiger partial charge in [-0.05, 0) is 37.1 Å². The van der Waals surface area contributed by atoms with E-state index in [0.717, 1.165) is 5.56 Å². The Hall–Kier alpha value is -2.63. The third-order valence-corrected chi connectivity index (χ3v) is 3.57. The number of rotatable bonds is 6. The number of hydrogen-bond acceptors (Lipinski definition) is 4. The van der Waals surface area contributed by atoms with Gasteiger partial charge in [0.25, 0.3) is 5.91 Å². The molecule has 0 radical (unpaired) electrons. The molecule has 0 saturated heterocycles. The number of amides is 2. The van der Waals surface area contributed by atoms with Crippen molar-refractivity contribution in [3.63, 3.8) is 0 Å². The first-order valence-corrected chi connectivity index (χ1v) is 7.27. The molecule has 1 atom stereocenters. The minimum absolute atomic E-state index is 0.171. The monoisotopic (exact) mass is 318 g/mol. The molecule has 1 rings (SSSR count). The molecule has 23 heavy (non-hydrogen) atoms. The Morgan fingerprint density at radius 2 is 1.83 bits per heavy atom. The number of esters is 1. The smallest absolute Gasteiger partial charge is 0.331 e. The zero-order chi connectivity index (χ0) is 17.5. The van der Waals surface area contributed by atoms with Gasteiger partial charge in [-0.3, -0.25) is 9.59 Å². The molecule has 0 bridgehead atoms. The predicted molar refractivity (Wildman–Crippen MR) is 87.7 cm³/mol. The van der Waals surface area contributed by atoms with Crippen molar-refractivity contribution in [1.29, 1.82) is 0 Å². The van der Waals surface area contributed by atoms with Crippen LogP contribution in [0.3, 0.4) is 0 Å². The first-order chi connectivity index (χ1) is 10.9. The van der Waals surface area contributed by atoms with Crippen LogP contribution in [0.2, 0.25) is 0 Å². The van der Waals surface area contributed by atoms with Gasteiger partial charge in [-0.2, -0.15) is 0 Å². The lowest BCUT2D eigenvalue weighted by molar-refractivity contribution is -0.149. The van der Waals surface area contributed by atoms with Crippen LogP contribution in [0.1, 0.15) is 36.2 Å². The summed E-state index contributed by atoms with van der Waals surface area (Å²) in [5, 5.41) is 5.17. The fourth-order valence-electron chi connectivity index (χ4n) is 1.88. The van der Waals surface area contributed by atoms with Crippen molar-refractivity contribution in [2.75, 3.05) is 14.2 Å². The summed E-state index contributed by atoms with van der Waals surface area (Å²) in [4.78, 5) is 35.1. The maximum atomic E-state index is 12.0. The number of ether oxygens (including phenoxy) is 1. The second-order valence-corrected chi connectivity index (χ2v) is 5.20. The maximum Gasteiger partial charge on any atom is 0.331 e. The molecule has 0 aromatic heterocycles. The third-order valence-electron chi connectivity index (χ3n) is 3.57. The van der Waals surface area contributed by atoms with Crippen LogP contribution >= 0.6 is 0 Å². The van der Waals surface area contributed by atoms with Gasteiger partial charge in [0, 0.05) is 18.7 Å². The van der Waals surface area contributed by atoms with Crippen LogP contribution in [-0.2, 0) is 14.3 Å². The third kappa shape index (κ3) is 4.95. The molecule has 6 heteroatoms. The minimum atomic E-state index is -1.06. The van der Waals surface area contributed by atoms with Crippen molar-refractivity contribution >= 4 is 23.9 Å². The van der Waals surface area contributed by atoms with Crippen molar-refractivity contribution < 1.29 is 19.1 Å². The number of methoxy groups -OCH3 is 1. The van der Waals surface area contributed by atoms with E-state index >= 15 is 0 Å². The van der Waals surface area contributed by atoms with Crippen LogP contribution in [0.4, 0.5) is 0 Å². The van der Waals surface area contributed by atoms with Gasteiger partial charge >= 0.3 is 5.97 Å². The van der Waals surface area contributed by atoms with Gasteiger partial charge in [-0.15, -0.1) is 0 Å². The van der Waals surface area contributed by atoms with E-state index in [4.69, 9.17) is 4.74 Å². The van der Waals surface area contributed by atoms with Crippen LogP contribution in [0.15, 0.2) is 30.3 Å². The van der Waals surface area contributed by atoms with Crippen molar-refractivity contribution in [2.45, 2.75) is 25.8 Å². The first kappa shape index (κ1) is 18.4. The lowest BCUT2D eigenvalue weighted by Gasteiger charge is -2.25. The number of carbonyl (C=O) groups is 3. The molecule has 0 saturated carbocycles. The van der Waals surface area contributed by atoms with Crippen LogP contribution in [0.25, 0.3) is 6.08 Å². The summed E-state index contributed by atoms with van der Waals surface area (Å²) in [5.74, 6) is -1.05. The van der Waals surface area contributed by atoms with Crippen molar-refractivity contribution in [3.05, 3.63) is 41.5 Å². The highest BCUT2D eigenvalue weighted by atomic mass is 16.5. The molecule has 0 heterocycles. The topological polar surface area (TPSA) is 84.5 Å². The van der Waals surface area contributed by atoms with E-state index in [0.29, 0.717) is 12.0 Å². The fourth-order valence-corrected chi connectivity index (χ4v) is 1.88. The number of nitrogens with one attached hydrogen (secondary N) is 2. The predicted octanol–water partition coefficient (Wildman–Crippen LogP) is 1.52. The van der Waals surface area contributed by atoms with E-state index in [1.807, 2.05) is 0 Å². The Labute approximate surface area is 135 Å². The van der Waals surface area contributed by atoms with Crippen molar-refractivity contribution in [2.24, 2.45) is 0 Å². The SMILES string of the molecule is CC[C@](C)(NC(=O)/C=C/c1ccc(C(=O)NC)cc1)C(=O)OC. The molecule has 2 amide bonds. The zero-order valence-corrected chi connectivity index (χ0v) is 13.8. The summed E-state index contributed by atoms with van der Waals surface area (Å²) in [5.41, 5.74) is 0.251. The summed E-state index contributed by atoms with van der Waals surface area (Å²) >= 11 is 0. The highest BCUT2D eigenvalue weighted by molar-refractivity contribution is 5.96. The Balaban J connectivity index is 2.75. The molecule has 6 nitrogen and oxygen atoms in total. The molecule has 1 aromatic carbocycles. The quantitative estimate of drug-likeness (QED) is 0.615. The average molecular weight is 318 g/mol. The van der Waals surface area contributed by atoms with Crippen LogP contribution in [0, 0.1) is 0 Å². The van der Waals surface area contributed by atoms with Gasteiger partial charge in [0.05, 0.1) is 7.11 Å². The van der Waals surface area contributed by atoms with E-state index in [1.165, 1.54) is 13.2 Å². The van der Waals surface area contributed by atoms with Crippen LogP contribution < -0.4 is 10.6 Å². The molecule has 0 aliphatic heterocycles. The van der Waals surface area contributed by atoms with Gasteiger partial charge in [-0.25, -0.2) is 4.79 Å². The van der Waals surface area contributed by atoms with E-state index in [1.54, 1.807) is 51.2 Å². The molecule has 1 aromatic rings. The summed E-state index contributed by atoms with van der Waals surface area (Å²) in [6.07, 6.45) is 3.36. The number of benzene rings is 1. The highest BCUT2D eigenvalue weighted by Gasteiger charge is 2.33. The Kier molecular flexibility index (Phi) is 6.50. The summed E-state index contributed by atoms with van der Waals surface area (Å²) in [7, 11) is 2.85. The zero-order valence-electron chi connectivity index (χ0n) is 13.8. The van der Waals surface area contributed by atoms with Gasteiger partial charge in [0.15, 0.2) is 0 Å². The minimum Gasteiger partial charge on any atom is -0.467 e. The second kappa shape index (κ2) is 8.12. The van der Waals surface area contributed by atoms with Gasteiger partial charge < -0.3 is 15.4 Å². The van der Waals surface area contributed by atoms with Crippen LogP contribution in [0.5, 0.6) is 0 Å². The Morgan fingerprint density at radius 1 is 1.22 bits per heavy atom. The van der Waals surface area contributed by atoms with Gasteiger partial charge in [0.1, 0.15) is 5.54 Å². The van der Waals surface area contributed by atoms with Gasteiger partial charge in [0.2, 0.25) is 5.91 Å². The molecule has 0 fully saturated rings. The number of carbonyl (C=O) groups excluding carboxylic acids is 3. The molecular formula is C17H22N2O4. The van der Waals surface area contributed by atoms with Crippen LogP contribution in [-0.4, -0.2) is 37.5 Å². The molecule has 0 aliphatic carbocycles. The lowest BCUT2D eigenvalue weighted by atomic mass is 9.99. The average Bonchev–Trinajstić information content (AvgIpc) is 2.58. The molecule has 124 valence electrons. The molecule has 0 spiro atoms. The van der Waals surface area contributed by atoms with E-state index < -0.39 is 17.4 Å². The number of hydrogen-bond donors (Lipinski definition) is 2. The molecule has 0 unspecified atom stereocenters. The fraction of sp³-hybridized carbons (Fsp3) is 0.353. The lowest BCUT2D eigenvalue weighted by Crippen LogP contribution is -2.51. The van der Waals surface area contributed by atoms with E-state index in [-0.39, 0.29) is 5.91 Å². The summed E-state index contributed by atoms with van der Waals surface area (Å²) < 4.78 is 4.70.